The Morgan fingerprint density at radius 1 is 1.61 bits per heavy atom. The van der Waals surface area contributed by atoms with Gasteiger partial charge in [-0.25, -0.2) is 4.79 Å². The number of carbonyl (C=O) groups excluding carboxylic acids is 1. The van der Waals surface area contributed by atoms with Crippen molar-refractivity contribution in [1.82, 2.24) is 9.88 Å². The minimum absolute atomic E-state index is 0.0662. The number of hydrogen-bond donors (Lipinski definition) is 2. The zero-order valence-corrected chi connectivity index (χ0v) is 10.2. The number of nitrogens with zero attached hydrogens (tertiary/aromatic N) is 1. The molecule has 98 valence electrons. The van der Waals surface area contributed by atoms with Gasteiger partial charge in [-0.15, -0.1) is 0 Å². The Kier molecular flexibility index (Phi) is 3.66. The van der Waals surface area contributed by atoms with E-state index in [0.717, 1.165) is 11.3 Å². The molecule has 1 aromatic rings. The number of aryl methyl sites for hydroxylation is 1. The molecule has 0 spiro atoms. The van der Waals surface area contributed by atoms with Gasteiger partial charge in [0.25, 0.3) is 0 Å². The quantitative estimate of drug-likeness (QED) is 0.803. The average molecular weight is 252 g/mol. The summed E-state index contributed by atoms with van der Waals surface area (Å²) < 4.78 is 5.07. The van der Waals surface area contributed by atoms with Gasteiger partial charge in [-0.1, -0.05) is 0 Å². The van der Waals surface area contributed by atoms with Gasteiger partial charge in [0.05, 0.1) is 19.6 Å². The molecule has 0 bridgehead atoms. The number of carboxylic acid groups (broad SMARTS) is 1. The number of amides is 1. The van der Waals surface area contributed by atoms with Crippen LogP contribution < -0.4 is 0 Å². The number of aromatic amines is 1. The lowest BCUT2D eigenvalue weighted by atomic mass is 10.2. The van der Waals surface area contributed by atoms with E-state index in [0.29, 0.717) is 6.54 Å². The van der Waals surface area contributed by atoms with Crippen molar-refractivity contribution < 1.29 is 19.4 Å². The van der Waals surface area contributed by atoms with E-state index in [1.807, 2.05) is 13.0 Å². The zero-order chi connectivity index (χ0) is 13.1. The van der Waals surface area contributed by atoms with E-state index in [2.05, 4.69) is 4.98 Å². The minimum atomic E-state index is -1.02. The molecule has 6 nitrogen and oxygen atoms in total. The highest BCUT2D eigenvalue weighted by atomic mass is 16.5. The van der Waals surface area contributed by atoms with E-state index in [1.165, 1.54) is 0 Å². The van der Waals surface area contributed by atoms with Gasteiger partial charge in [-0.2, -0.15) is 0 Å². The highest BCUT2D eigenvalue weighted by Gasteiger charge is 2.28. The molecule has 1 unspecified atom stereocenters. The molecule has 2 heterocycles. The maximum Gasteiger partial charge on any atom is 0.334 e. The van der Waals surface area contributed by atoms with Crippen LogP contribution >= 0.6 is 0 Å². The van der Waals surface area contributed by atoms with Crippen LogP contribution in [0.3, 0.4) is 0 Å². The van der Waals surface area contributed by atoms with Crippen molar-refractivity contribution in [2.24, 2.45) is 0 Å². The van der Waals surface area contributed by atoms with Gasteiger partial charge in [-0.05, 0) is 18.6 Å². The molecule has 1 saturated heterocycles. The van der Waals surface area contributed by atoms with Crippen LogP contribution in [-0.2, 0) is 20.7 Å². The first-order chi connectivity index (χ1) is 8.56. The summed E-state index contributed by atoms with van der Waals surface area (Å²) in [6.07, 6.45) is 1.18. The van der Waals surface area contributed by atoms with E-state index in [-0.39, 0.29) is 25.5 Å². The summed E-state index contributed by atoms with van der Waals surface area (Å²) in [4.78, 5) is 27.4. The summed E-state index contributed by atoms with van der Waals surface area (Å²) in [5, 5.41) is 8.86. The second-order valence-corrected chi connectivity index (χ2v) is 4.41. The molecular formula is C12H16N2O4. The van der Waals surface area contributed by atoms with Crippen molar-refractivity contribution in [3.63, 3.8) is 0 Å². The molecular weight excluding hydrogens is 236 g/mol. The molecule has 1 fully saturated rings. The molecule has 18 heavy (non-hydrogen) atoms. The van der Waals surface area contributed by atoms with Crippen LogP contribution in [-0.4, -0.2) is 52.7 Å². The van der Waals surface area contributed by atoms with Crippen LogP contribution in [0.2, 0.25) is 0 Å². The van der Waals surface area contributed by atoms with Gasteiger partial charge in [0.2, 0.25) is 5.91 Å². The van der Waals surface area contributed by atoms with Gasteiger partial charge in [0.1, 0.15) is 0 Å². The van der Waals surface area contributed by atoms with Crippen LogP contribution in [0.15, 0.2) is 12.3 Å². The van der Waals surface area contributed by atoms with Crippen molar-refractivity contribution >= 4 is 11.9 Å². The SMILES string of the molecule is Cc1cc(CC(=O)N2CCOC(C(=O)O)C2)c[nH]1. The van der Waals surface area contributed by atoms with E-state index in [1.54, 1.807) is 11.1 Å². The molecule has 0 radical (unpaired) electrons. The molecule has 1 aliphatic heterocycles. The van der Waals surface area contributed by atoms with Crippen LogP contribution in [0.25, 0.3) is 0 Å². The molecule has 0 saturated carbocycles. The van der Waals surface area contributed by atoms with Crippen molar-refractivity contribution in [3.8, 4) is 0 Å². The molecule has 2 N–H and O–H groups in total. The lowest BCUT2D eigenvalue weighted by Gasteiger charge is -2.30. The highest BCUT2D eigenvalue weighted by molar-refractivity contribution is 5.80. The highest BCUT2D eigenvalue weighted by Crippen LogP contribution is 2.10. The van der Waals surface area contributed by atoms with Gasteiger partial charge in [0, 0.05) is 18.4 Å². The first kappa shape index (κ1) is 12.6. The second-order valence-electron chi connectivity index (χ2n) is 4.41. The predicted octanol–water partition coefficient (Wildman–Crippen LogP) is 0.178. The molecule has 1 amide bonds. The van der Waals surface area contributed by atoms with Crippen molar-refractivity contribution in [3.05, 3.63) is 23.5 Å². The number of carboxylic acids is 1. The Morgan fingerprint density at radius 2 is 2.39 bits per heavy atom. The third-order valence-electron chi connectivity index (χ3n) is 2.94. The maximum absolute atomic E-state index is 12.0. The first-order valence-corrected chi connectivity index (χ1v) is 5.82. The summed E-state index contributed by atoms with van der Waals surface area (Å²) >= 11 is 0. The summed E-state index contributed by atoms with van der Waals surface area (Å²) in [7, 11) is 0. The smallest absolute Gasteiger partial charge is 0.334 e. The van der Waals surface area contributed by atoms with Crippen molar-refractivity contribution in [2.45, 2.75) is 19.4 Å². The topological polar surface area (TPSA) is 82.6 Å². The molecule has 1 aliphatic rings. The lowest BCUT2D eigenvalue weighted by molar-refractivity contribution is -0.159. The Bertz CT molecular complexity index is 455. The zero-order valence-electron chi connectivity index (χ0n) is 10.2. The number of morpholine rings is 1. The number of aliphatic carboxylic acids is 1. The largest absolute Gasteiger partial charge is 0.479 e. The van der Waals surface area contributed by atoms with E-state index in [9.17, 15) is 9.59 Å². The molecule has 0 aromatic carbocycles. The van der Waals surface area contributed by atoms with Crippen molar-refractivity contribution in [2.75, 3.05) is 19.7 Å². The number of H-pyrrole nitrogens is 1. The molecule has 1 atom stereocenters. The predicted molar refractivity (Wildman–Crippen MR) is 63.2 cm³/mol. The van der Waals surface area contributed by atoms with Crippen LogP contribution in [0, 0.1) is 6.92 Å². The summed E-state index contributed by atoms with van der Waals surface area (Å²) in [6.45, 7) is 2.77. The first-order valence-electron chi connectivity index (χ1n) is 5.82. The standard InChI is InChI=1S/C12H16N2O4/c1-8-4-9(6-13-8)5-11(15)14-2-3-18-10(7-14)12(16)17/h4,6,10,13H,2-3,5,7H2,1H3,(H,16,17). The Hall–Kier alpha value is -1.82. The number of ether oxygens (including phenoxy) is 1. The lowest BCUT2D eigenvalue weighted by Crippen LogP contribution is -2.49. The molecule has 6 heteroatoms. The van der Waals surface area contributed by atoms with E-state index < -0.39 is 12.1 Å². The Balaban J connectivity index is 1.94. The number of nitrogens with one attached hydrogen (secondary N) is 1. The molecule has 1 aromatic heterocycles. The number of rotatable bonds is 3. The van der Waals surface area contributed by atoms with Gasteiger partial charge < -0.3 is 19.7 Å². The molecule has 2 rings (SSSR count). The number of hydrogen-bond acceptors (Lipinski definition) is 3. The number of aromatic nitrogens is 1. The normalized spacial score (nSPS) is 19.8. The third kappa shape index (κ3) is 2.89. The fourth-order valence-electron chi connectivity index (χ4n) is 1.98. The van der Waals surface area contributed by atoms with Crippen LogP contribution in [0.5, 0.6) is 0 Å². The van der Waals surface area contributed by atoms with E-state index >= 15 is 0 Å². The van der Waals surface area contributed by atoms with Gasteiger partial charge in [-0.3, -0.25) is 4.79 Å². The van der Waals surface area contributed by atoms with Gasteiger partial charge in [0.15, 0.2) is 6.10 Å². The average Bonchev–Trinajstić information content (AvgIpc) is 2.75. The maximum atomic E-state index is 12.0. The van der Waals surface area contributed by atoms with E-state index in [4.69, 9.17) is 9.84 Å². The summed E-state index contributed by atoms with van der Waals surface area (Å²) in [5.41, 5.74) is 1.92. The Morgan fingerprint density at radius 3 is 3.00 bits per heavy atom. The fourth-order valence-corrected chi connectivity index (χ4v) is 1.98. The van der Waals surface area contributed by atoms with Crippen LogP contribution in [0.1, 0.15) is 11.3 Å². The van der Waals surface area contributed by atoms with Crippen molar-refractivity contribution in [1.29, 1.82) is 0 Å². The second kappa shape index (κ2) is 5.22. The Labute approximate surface area is 105 Å². The fraction of sp³-hybridized carbons (Fsp3) is 0.500. The minimum Gasteiger partial charge on any atom is -0.479 e. The molecule has 0 aliphatic carbocycles. The summed E-state index contributed by atoms with van der Waals surface area (Å²) in [6, 6.07) is 1.91. The third-order valence-corrected chi connectivity index (χ3v) is 2.94. The van der Waals surface area contributed by atoms with Crippen LogP contribution in [0.4, 0.5) is 0 Å². The summed E-state index contributed by atoms with van der Waals surface area (Å²) in [5.74, 6) is -1.09. The van der Waals surface area contributed by atoms with Gasteiger partial charge >= 0.3 is 5.97 Å². The monoisotopic (exact) mass is 252 g/mol. The number of carbonyl (C=O) groups is 2.